The van der Waals surface area contributed by atoms with Gasteiger partial charge in [-0.1, -0.05) is 41.9 Å². The molecule has 1 N–H and O–H groups in total. The third-order valence-corrected chi connectivity index (χ3v) is 6.13. The Morgan fingerprint density at radius 1 is 0.972 bits per heavy atom. The Morgan fingerprint density at radius 3 is 2.50 bits per heavy atom. The molecule has 1 amide bonds. The van der Waals surface area contributed by atoms with Gasteiger partial charge in [-0.15, -0.1) is 0 Å². The van der Waals surface area contributed by atoms with E-state index in [1.54, 1.807) is 48.5 Å². The highest BCUT2D eigenvalue weighted by Crippen LogP contribution is 2.33. The summed E-state index contributed by atoms with van der Waals surface area (Å²) in [7, 11) is 1.46. The topological polar surface area (TPSA) is 86.2 Å². The fourth-order valence-electron chi connectivity index (χ4n) is 3.27. The van der Waals surface area contributed by atoms with Gasteiger partial charge in [-0.25, -0.2) is 10.2 Å². The van der Waals surface area contributed by atoms with Crippen molar-refractivity contribution in [1.82, 2.24) is 5.43 Å². The number of methoxy groups -OCH3 is 1. The Labute approximate surface area is 220 Å². The molecule has 4 aromatic carbocycles. The molecule has 0 aliphatic rings. The highest BCUT2D eigenvalue weighted by Gasteiger charge is 2.13. The monoisotopic (exact) mass is 566 g/mol. The van der Waals surface area contributed by atoms with Gasteiger partial charge in [0.1, 0.15) is 5.75 Å². The molecule has 4 aromatic rings. The quantitative estimate of drug-likeness (QED) is 0.122. The zero-order chi connectivity index (χ0) is 25.5. The Bertz CT molecular complexity index is 1440. The van der Waals surface area contributed by atoms with Crippen LogP contribution in [0.15, 0.2) is 88.4 Å². The number of amides is 1. The summed E-state index contributed by atoms with van der Waals surface area (Å²) in [5, 5.41) is 6.53. The third-order valence-electron chi connectivity index (χ3n) is 5.06. The van der Waals surface area contributed by atoms with Crippen LogP contribution >= 0.6 is 27.5 Å². The average Bonchev–Trinajstić information content (AvgIpc) is 2.89. The van der Waals surface area contributed by atoms with Crippen molar-refractivity contribution in [3.8, 4) is 17.2 Å². The highest BCUT2D eigenvalue weighted by molar-refractivity contribution is 9.10. The van der Waals surface area contributed by atoms with Crippen molar-refractivity contribution in [2.45, 2.75) is 0 Å². The smallest absolute Gasteiger partial charge is 0.343 e. The fourth-order valence-corrected chi connectivity index (χ4v) is 4.01. The number of hydrogen-bond donors (Lipinski definition) is 1. The minimum absolute atomic E-state index is 0.211. The van der Waals surface area contributed by atoms with Crippen molar-refractivity contribution >= 4 is 56.4 Å². The van der Waals surface area contributed by atoms with E-state index in [1.807, 2.05) is 30.3 Å². The molecular formula is C27H20BrClN2O5. The number of fused-ring (bicyclic) bond motifs is 1. The van der Waals surface area contributed by atoms with E-state index in [9.17, 15) is 9.59 Å². The number of carbonyl (C=O) groups excluding carboxylic acids is 2. The van der Waals surface area contributed by atoms with Crippen LogP contribution in [0.5, 0.6) is 17.2 Å². The summed E-state index contributed by atoms with van der Waals surface area (Å²) < 4.78 is 17.2. The predicted octanol–water partition coefficient (Wildman–Crippen LogP) is 6.01. The first-order valence-corrected chi connectivity index (χ1v) is 11.9. The molecule has 0 saturated carbocycles. The van der Waals surface area contributed by atoms with Crippen LogP contribution < -0.4 is 19.6 Å². The first-order chi connectivity index (χ1) is 17.4. The summed E-state index contributed by atoms with van der Waals surface area (Å²) in [6, 6.07) is 22.8. The van der Waals surface area contributed by atoms with Gasteiger partial charge in [0.25, 0.3) is 5.91 Å². The number of nitrogens with one attached hydrogen (secondary N) is 1. The van der Waals surface area contributed by atoms with Crippen molar-refractivity contribution < 1.29 is 23.8 Å². The third kappa shape index (κ3) is 6.21. The van der Waals surface area contributed by atoms with E-state index < -0.39 is 11.9 Å². The van der Waals surface area contributed by atoms with Crippen LogP contribution in [0.3, 0.4) is 0 Å². The SMILES string of the molecule is COc1cc(/C=N\NC(=O)COc2ccc3ccccc3c2Br)ccc1OC(=O)c1ccc(Cl)cc1. The second kappa shape index (κ2) is 11.7. The molecule has 0 aromatic heterocycles. The molecule has 0 fully saturated rings. The lowest BCUT2D eigenvalue weighted by Gasteiger charge is -2.10. The van der Waals surface area contributed by atoms with Gasteiger partial charge in [-0.05, 0) is 80.8 Å². The van der Waals surface area contributed by atoms with Gasteiger partial charge in [0.15, 0.2) is 18.1 Å². The number of ether oxygens (including phenoxy) is 3. The van der Waals surface area contributed by atoms with Crippen LogP contribution in [0.2, 0.25) is 5.02 Å². The number of hydrogen-bond acceptors (Lipinski definition) is 6. The number of benzene rings is 4. The van der Waals surface area contributed by atoms with E-state index in [4.69, 9.17) is 25.8 Å². The number of carbonyl (C=O) groups is 2. The highest BCUT2D eigenvalue weighted by atomic mass is 79.9. The van der Waals surface area contributed by atoms with Gasteiger partial charge in [0.05, 0.1) is 23.4 Å². The first kappa shape index (κ1) is 25.2. The van der Waals surface area contributed by atoms with Crippen LogP contribution in [0.4, 0.5) is 0 Å². The van der Waals surface area contributed by atoms with Crippen LogP contribution in [0, 0.1) is 0 Å². The summed E-state index contributed by atoms with van der Waals surface area (Å²) in [6.07, 6.45) is 1.44. The Hall–Kier alpha value is -3.88. The van der Waals surface area contributed by atoms with Crippen LogP contribution in [0.25, 0.3) is 10.8 Å². The minimum Gasteiger partial charge on any atom is -0.493 e. The summed E-state index contributed by atoms with van der Waals surface area (Å²) in [4.78, 5) is 24.5. The zero-order valence-electron chi connectivity index (χ0n) is 19.0. The lowest BCUT2D eigenvalue weighted by molar-refractivity contribution is -0.123. The molecule has 182 valence electrons. The molecule has 0 aliphatic carbocycles. The normalized spacial score (nSPS) is 10.9. The molecule has 7 nitrogen and oxygen atoms in total. The van der Waals surface area contributed by atoms with Crippen molar-refractivity contribution in [3.63, 3.8) is 0 Å². The molecule has 0 radical (unpaired) electrons. The molecule has 0 saturated heterocycles. The van der Waals surface area contributed by atoms with Crippen LogP contribution in [-0.4, -0.2) is 31.8 Å². The molecule has 4 rings (SSSR count). The van der Waals surface area contributed by atoms with E-state index in [2.05, 4.69) is 26.5 Å². The molecule has 9 heteroatoms. The fraction of sp³-hybridized carbons (Fsp3) is 0.0741. The maximum Gasteiger partial charge on any atom is 0.343 e. The maximum absolute atomic E-state index is 12.4. The largest absolute Gasteiger partial charge is 0.493 e. The summed E-state index contributed by atoms with van der Waals surface area (Å²) in [5.74, 6) is 0.162. The van der Waals surface area contributed by atoms with Crippen molar-refractivity contribution in [3.05, 3.63) is 99.5 Å². The molecule has 0 heterocycles. The van der Waals surface area contributed by atoms with Crippen molar-refractivity contribution in [2.24, 2.45) is 5.10 Å². The van der Waals surface area contributed by atoms with Gasteiger partial charge >= 0.3 is 5.97 Å². The van der Waals surface area contributed by atoms with E-state index in [0.29, 0.717) is 27.6 Å². The summed E-state index contributed by atoms with van der Waals surface area (Å²) in [5.41, 5.74) is 3.40. The van der Waals surface area contributed by atoms with Gasteiger partial charge in [0, 0.05) is 5.02 Å². The number of esters is 1. The minimum atomic E-state index is -0.545. The molecule has 0 atom stereocenters. The number of nitrogens with zero attached hydrogens (tertiary/aromatic N) is 1. The Morgan fingerprint density at radius 2 is 1.72 bits per heavy atom. The number of rotatable bonds is 8. The Kier molecular flexibility index (Phi) is 8.20. The lowest BCUT2D eigenvalue weighted by Crippen LogP contribution is -2.24. The lowest BCUT2D eigenvalue weighted by atomic mass is 10.1. The molecular weight excluding hydrogens is 548 g/mol. The predicted molar refractivity (Wildman–Crippen MR) is 142 cm³/mol. The molecule has 0 spiro atoms. The second-order valence-corrected chi connectivity index (χ2v) is 8.72. The standard InChI is InChI=1S/C27H20BrClN2O5/c1-34-24-14-17(6-12-22(24)36-27(33)19-7-10-20(29)11-8-19)15-30-31-25(32)16-35-23-13-9-18-4-2-3-5-21(18)26(23)28/h2-15H,16H2,1H3,(H,31,32)/b30-15-. The molecule has 0 unspecified atom stereocenters. The van der Waals surface area contributed by atoms with Crippen LogP contribution in [0.1, 0.15) is 15.9 Å². The zero-order valence-corrected chi connectivity index (χ0v) is 21.4. The number of halogens is 2. The summed E-state index contributed by atoms with van der Waals surface area (Å²) >= 11 is 9.38. The van der Waals surface area contributed by atoms with E-state index >= 15 is 0 Å². The average molecular weight is 568 g/mol. The van der Waals surface area contributed by atoms with E-state index in [1.165, 1.54) is 13.3 Å². The van der Waals surface area contributed by atoms with Gasteiger partial charge in [0.2, 0.25) is 0 Å². The number of hydrazone groups is 1. The van der Waals surface area contributed by atoms with Crippen LogP contribution in [-0.2, 0) is 4.79 Å². The molecule has 36 heavy (non-hydrogen) atoms. The second-order valence-electron chi connectivity index (χ2n) is 7.49. The summed E-state index contributed by atoms with van der Waals surface area (Å²) in [6.45, 7) is -0.211. The Balaban J connectivity index is 1.33. The van der Waals surface area contributed by atoms with Gasteiger partial charge < -0.3 is 14.2 Å². The van der Waals surface area contributed by atoms with E-state index in [-0.39, 0.29) is 12.4 Å². The maximum atomic E-state index is 12.4. The van der Waals surface area contributed by atoms with Gasteiger partial charge in [-0.2, -0.15) is 5.10 Å². The van der Waals surface area contributed by atoms with Crippen molar-refractivity contribution in [2.75, 3.05) is 13.7 Å². The first-order valence-electron chi connectivity index (χ1n) is 10.7. The van der Waals surface area contributed by atoms with Gasteiger partial charge in [-0.3, -0.25) is 4.79 Å². The molecule has 0 bridgehead atoms. The molecule has 0 aliphatic heterocycles. The van der Waals surface area contributed by atoms with E-state index in [0.717, 1.165) is 15.2 Å². The van der Waals surface area contributed by atoms with Crippen molar-refractivity contribution in [1.29, 1.82) is 0 Å².